The van der Waals surface area contributed by atoms with Gasteiger partial charge in [-0.15, -0.1) is 0 Å². The monoisotopic (exact) mass is 314 g/mol. The quantitative estimate of drug-likeness (QED) is 0.425. The van der Waals surface area contributed by atoms with Crippen molar-refractivity contribution in [1.29, 1.82) is 0 Å². The minimum Gasteiger partial charge on any atom is -0.394 e. The highest BCUT2D eigenvalue weighted by Gasteiger charge is 2.37. The largest absolute Gasteiger partial charge is 0.394 e. The van der Waals surface area contributed by atoms with Crippen molar-refractivity contribution >= 4 is 23.6 Å². The fraction of sp³-hybridized carbons (Fsp3) is 0.692. The number of hydrogen-bond acceptors (Lipinski definition) is 5. The summed E-state index contributed by atoms with van der Waals surface area (Å²) in [5.74, 6) is -1.70. The lowest BCUT2D eigenvalue weighted by atomic mass is 10.2. The topological polar surface area (TPSA) is 128 Å². The van der Waals surface area contributed by atoms with E-state index in [1.165, 1.54) is 18.9 Å². The molecule has 0 bridgehead atoms. The number of carbonyl (C=O) groups excluding carboxylic acids is 4. The van der Waals surface area contributed by atoms with Crippen LogP contribution >= 0.6 is 0 Å². The summed E-state index contributed by atoms with van der Waals surface area (Å²) >= 11 is 0. The molecule has 1 fully saturated rings. The highest BCUT2D eigenvalue weighted by molar-refractivity contribution is 5.93. The smallest absolute Gasteiger partial charge is 0.248 e. The highest BCUT2D eigenvalue weighted by Crippen LogP contribution is 2.18. The average molecular weight is 314 g/mol. The van der Waals surface area contributed by atoms with Crippen molar-refractivity contribution in [3.63, 3.8) is 0 Å². The molecular weight excluding hydrogens is 292 g/mol. The van der Waals surface area contributed by atoms with Crippen molar-refractivity contribution in [2.24, 2.45) is 0 Å². The van der Waals surface area contributed by atoms with Crippen LogP contribution in [0, 0.1) is 0 Å². The van der Waals surface area contributed by atoms with Crippen molar-refractivity contribution in [2.45, 2.75) is 31.8 Å². The molecule has 0 spiro atoms. The molecule has 0 aromatic carbocycles. The Morgan fingerprint density at radius 3 is 2.55 bits per heavy atom. The number of amides is 4. The molecule has 22 heavy (non-hydrogen) atoms. The predicted octanol–water partition coefficient (Wildman–Crippen LogP) is -2.66. The molecule has 0 unspecified atom stereocenters. The molecule has 0 aliphatic carbocycles. The van der Waals surface area contributed by atoms with E-state index < -0.39 is 36.4 Å². The highest BCUT2D eigenvalue weighted by atomic mass is 16.3. The zero-order valence-corrected chi connectivity index (χ0v) is 12.7. The Balaban J connectivity index is 2.68. The van der Waals surface area contributed by atoms with E-state index in [2.05, 4.69) is 16.0 Å². The number of carbonyl (C=O) groups is 4. The number of likely N-dealkylation sites (N-methyl/N-ethyl adjacent to an activating group) is 1. The van der Waals surface area contributed by atoms with E-state index in [4.69, 9.17) is 0 Å². The SMILES string of the molecule is CNC(=O)CNC(=O)[C@@H]1CCCN1C(=O)[C@H](CO)NC(C)=O. The molecule has 0 aromatic rings. The van der Waals surface area contributed by atoms with Crippen LogP contribution in [-0.2, 0) is 19.2 Å². The maximum atomic E-state index is 12.3. The maximum Gasteiger partial charge on any atom is 0.248 e. The van der Waals surface area contributed by atoms with Gasteiger partial charge < -0.3 is 26.0 Å². The molecule has 1 aliphatic heterocycles. The summed E-state index contributed by atoms with van der Waals surface area (Å²) in [6.45, 7) is 0.908. The van der Waals surface area contributed by atoms with Gasteiger partial charge >= 0.3 is 0 Å². The normalized spacial score (nSPS) is 18.5. The Labute approximate surface area is 128 Å². The van der Waals surface area contributed by atoms with Crippen LogP contribution in [0.2, 0.25) is 0 Å². The fourth-order valence-corrected chi connectivity index (χ4v) is 2.31. The number of nitrogens with zero attached hydrogens (tertiary/aromatic N) is 1. The summed E-state index contributed by atoms with van der Waals surface area (Å²) in [5.41, 5.74) is 0. The third kappa shape index (κ3) is 4.69. The molecule has 9 heteroatoms. The number of aliphatic hydroxyl groups excluding tert-OH is 1. The van der Waals surface area contributed by atoms with Crippen LogP contribution < -0.4 is 16.0 Å². The maximum absolute atomic E-state index is 12.3. The molecular formula is C13H22N4O5. The zero-order chi connectivity index (χ0) is 16.7. The van der Waals surface area contributed by atoms with Crippen LogP contribution in [0.25, 0.3) is 0 Å². The van der Waals surface area contributed by atoms with Crippen LogP contribution in [0.4, 0.5) is 0 Å². The Hall–Kier alpha value is -2.16. The predicted molar refractivity (Wildman–Crippen MR) is 76.5 cm³/mol. The molecule has 4 amide bonds. The van der Waals surface area contributed by atoms with Gasteiger partial charge in [0.1, 0.15) is 12.1 Å². The first-order valence-electron chi connectivity index (χ1n) is 7.07. The van der Waals surface area contributed by atoms with Gasteiger partial charge in [0.2, 0.25) is 23.6 Å². The first-order valence-corrected chi connectivity index (χ1v) is 7.07. The van der Waals surface area contributed by atoms with Gasteiger partial charge in [-0.3, -0.25) is 19.2 Å². The summed E-state index contributed by atoms with van der Waals surface area (Å²) < 4.78 is 0. The van der Waals surface area contributed by atoms with Gasteiger partial charge in [-0.25, -0.2) is 0 Å². The van der Waals surface area contributed by atoms with E-state index in [-0.39, 0.29) is 12.5 Å². The first-order chi connectivity index (χ1) is 10.4. The second-order valence-corrected chi connectivity index (χ2v) is 5.02. The van der Waals surface area contributed by atoms with Crippen LogP contribution in [0.15, 0.2) is 0 Å². The number of nitrogens with one attached hydrogen (secondary N) is 3. The molecule has 4 N–H and O–H groups in total. The summed E-state index contributed by atoms with van der Waals surface area (Å²) in [4.78, 5) is 47.9. The van der Waals surface area contributed by atoms with Gasteiger partial charge in [-0.1, -0.05) is 0 Å². The molecule has 124 valence electrons. The van der Waals surface area contributed by atoms with Gasteiger partial charge in [0.25, 0.3) is 0 Å². The number of aliphatic hydroxyl groups is 1. The molecule has 0 saturated carbocycles. The lowest BCUT2D eigenvalue weighted by molar-refractivity contribution is -0.142. The third-order valence-corrected chi connectivity index (χ3v) is 3.40. The lowest BCUT2D eigenvalue weighted by Crippen LogP contribution is -2.55. The Bertz CT molecular complexity index is 454. The number of hydrogen-bond donors (Lipinski definition) is 4. The molecule has 1 heterocycles. The van der Waals surface area contributed by atoms with Crippen LogP contribution in [0.1, 0.15) is 19.8 Å². The Morgan fingerprint density at radius 2 is 2.00 bits per heavy atom. The molecule has 1 rings (SSSR count). The van der Waals surface area contributed by atoms with Crippen molar-refractivity contribution < 1.29 is 24.3 Å². The van der Waals surface area contributed by atoms with Crippen LogP contribution in [0.5, 0.6) is 0 Å². The van der Waals surface area contributed by atoms with E-state index in [1.54, 1.807) is 0 Å². The Kier molecular flexibility index (Phi) is 6.77. The zero-order valence-electron chi connectivity index (χ0n) is 12.7. The molecule has 1 aliphatic rings. The van der Waals surface area contributed by atoms with Crippen molar-refractivity contribution in [3.8, 4) is 0 Å². The summed E-state index contributed by atoms with van der Waals surface area (Å²) in [6.07, 6.45) is 1.12. The van der Waals surface area contributed by atoms with Crippen LogP contribution in [-0.4, -0.2) is 72.5 Å². The lowest BCUT2D eigenvalue weighted by Gasteiger charge is -2.27. The van der Waals surface area contributed by atoms with E-state index in [0.717, 1.165) is 0 Å². The van der Waals surface area contributed by atoms with Crippen molar-refractivity contribution in [2.75, 3.05) is 26.7 Å². The van der Waals surface area contributed by atoms with E-state index in [0.29, 0.717) is 19.4 Å². The second-order valence-electron chi connectivity index (χ2n) is 5.02. The standard InChI is InChI=1S/C13H22N4O5/c1-8(19)16-9(7-18)13(22)17-5-3-4-10(17)12(21)15-6-11(20)14-2/h9-10,18H,3-7H2,1-2H3,(H,14,20)(H,15,21)(H,16,19)/t9-,10-/m0/s1. The number of likely N-dealkylation sites (tertiary alicyclic amines) is 1. The van der Waals surface area contributed by atoms with Crippen molar-refractivity contribution in [3.05, 3.63) is 0 Å². The molecule has 2 atom stereocenters. The van der Waals surface area contributed by atoms with Gasteiger partial charge in [-0.05, 0) is 12.8 Å². The second kappa shape index (κ2) is 8.32. The van der Waals surface area contributed by atoms with Gasteiger partial charge in [0, 0.05) is 20.5 Å². The van der Waals surface area contributed by atoms with Gasteiger partial charge in [0.05, 0.1) is 13.2 Å². The third-order valence-electron chi connectivity index (χ3n) is 3.40. The minimum atomic E-state index is -1.06. The Morgan fingerprint density at radius 1 is 1.32 bits per heavy atom. The molecule has 9 nitrogen and oxygen atoms in total. The van der Waals surface area contributed by atoms with Crippen molar-refractivity contribution in [1.82, 2.24) is 20.9 Å². The van der Waals surface area contributed by atoms with E-state index in [9.17, 15) is 24.3 Å². The molecule has 0 aromatic heterocycles. The van der Waals surface area contributed by atoms with Gasteiger partial charge in [-0.2, -0.15) is 0 Å². The van der Waals surface area contributed by atoms with Gasteiger partial charge in [0.15, 0.2) is 0 Å². The van der Waals surface area contributed by atoms with Crippen LogP contribution in [0.3, 0.4) is 0 Å². The summed E-state index contributed by atoms with van der Waals surface area (Å²) in [5, 5.41) is 16.4. The summed E-state index contributed by atoms with van der Waals surface area (Å²) in [6, 6.07) is -1.76. The first kappa shape index (κ1) is 17.9. The number of rotatable bonds is 6. The van der Waals surface area contributed by atoms with E-state index >= 15 is 0 Å². The minimum absolute atomic E-state index is 0.164. The average Bonchev–Trinajstić information content (AvgIpc) is 2.98. The molecule has 1 saturated heterocycles. The fourth-order valence-electron chi connectivity index (χ4n) is 2.31. The molecule has 0 radical (unpaired) electrons. The van der Waals surface area contributed by atoms with E-state index in [1.807, 2.05) is 0 Å². The summed E-state index contributed by atoms with van der Waals surface area (Å²) in [7, 11) is 1.46.